The highest BCUT2D eigenvalue weighted by molar-refractivity contribution is 5.73. The first-order valence-corrected chi connectivity index (χ1v) is 3.62. The Hall–Kier alpha value is -1.03. The molecule has 0 aromatic rings. The molecule has 4 heteroatoms. The van der Waals surface area contributed by atoms with Crippen molar-refractivity contribution in [3.8, 4) is 0 Å². The van der Waals surface area contributed by atoms with Gasteiger partial charge in [0, 0.05) is 6.04 Å². The molecule has 1 fully saturated rings. The average Bonchev–Trinajstić information content (AvgIpc) is 2.72. The fraction of sp³-hybridized carbons (Fsp3) is 0.571. The quantitative estimate of drug-likeness (QED) is 0.355. The van der Waals surface area contributed by atoms with Crippen LogP contribution in [0, 0.1) is 0 Å². The van der Waals surface area contributed by atoms with Gasteiger partial charge in [-0.05, 0) is 12.8 Å². The first kappa shape index (κ1) is 8.07. The van der Waals surface area contributed by atoms with Gasteiger partial charge in [0.1, 0.15) is 0 Å². The van der Waals surface area contributed by atoms with Crippen molar-refractivity contribution in [2.45, 2.75) is 18.9 Å². The number of hydrogen-bond acceptors (Lipinski definition) is 2. The first-order chi connectivity index (χ1) is 5.33. The average molecular weight is 156 g/mol. The lowest BCUT2D eigenvalue weighted by molar-refractivity contribution is 0.0814. The van der Waals surface area contributed by atoms with E-state index in [0.717, 1.165) is 12.8 Å². The van der Waals surface area contributed by atoms with E-state index >= 15 is 0 Å². The number of carbonyl (C=O) groups is 1. The van der Waals surface area contributed by atoms with Crippen LogP contribution in [0.2, 0.25) is 0 Å². The molecule has 4 nitrogen and oxygen atoms in total. The van der Waals surface area contributed by atoms with Crippen LogP contribution in [-0.2, 0) is 4.84 Å². The summed E-state index contributed by atoms with van der Waals surface area (Å²) >= 11 is 0. The van der Waals surface area contributed by atoms with E-state index in [4.69, 9.17) is 4.84 Å². The van der Waals surface area contributed by atoms with Gasteiger partial charge in [0.2, 0.25) is 0 Å². The van der Waals surface area contributed by atoms with Gasteiger partial charge < -0.3 is 5.32 Å². The molecule has 0 aliphatic heterocycles. The maximum Gasteiger partial charge on any atom is 0.338 e. The predicted molar refractivity (Wildman–Crippen MR) is 40.8 cm³/mol. The van der Waals surface area contributed by atoms with E-state index in [1.165, 1.54) is 0 Å². The summed E-state index contributed by atoms with van der Waals surface area (Å²) in [6.45, 7) is 3.77. The summed E-state index contributed by atoms with van der Waals surface area (Å²) in [6, 6.07) is 0.0941. The molecule has 0 atom stereocenters. The van der Waals surface area contributed by atoms with Crippen LogP contribution in [0.4, 0.5) is 4.79 Å². The number of hydroxylamine groups is 1. The normalized spacial score (nSPS) is 15.6. The second-order valence-corrected chi connectivity index (χ2v) is 2.45. The van der Waals surface area contributed by atoms with E-state index in [9.17, 15) is 4.79 Å². The molecule has 0 spiro atoms. The molecule has 0 unspecified atom stereocenters. The van der Waals surface area contributed by atoms with Crippen LogP contribution in [0.3, 0.4) is 0 Å². The molecule has 0 bridgehead atoms. The topological polar surface area (TPSA) is 50.4 Å². The van der Waals surface area contributed by atoms with Gasteiger partial charge in [0.05, 0.1) is 6.61 Å². The Morgan fingerprint density at radius 3 is 3.00 bits per heavy atom. The first-order valence-electron chi connectivity index (χ1n) is 3.62. The van der Waals surface area contributed by atoms with Gasteiger partial charge >= 0.3 is 6.03 Å². The smallest absolute Gasteiger partial charge is 0.334 e. The summed E-state index contributed by atoms with van der Waals surface area (Å²) in [5, 5.41) is 2.70. The Kier molecular flexibility index (Phi) is 2.92. The number of amides is 2. The fourth-order valence-electron chi connectivity index (χ4n) is 0.609. The van der Waals surface area contributed by atoms with Crippen molar-refractivity contribution in [2.24, 2.45) is 0 Å². The Morgan fingerprint density at radius 1 is 1.73 bits per heavy atom. The van der Waals surface area contributed by atoms with Crippen LogP contribution in [0.25, 0.3) is 0 Å². The maximum absolute atomic E-state index is 10.8. The number of carbonyl (C=O) groups excluding carboxylic acids is 1. The molecule has 0 heterocycles. The van der Waals surface area contributed by atoms with Crippen LogP contribution >= 0.6 is 0 Å². The lowest BCUT2D eigenvalue weighted by atomic mass is 10.7. The van der Waals surface area contributed by atoms with Crippen LogP contribution in [0.1, 0.15) is 12.8 Å². The van der Waals surface area contributed by atoms with E-state index in [2.05, 4.69) is 17.4 Å². The minimum atomic E-state index is -0.269. The van der Waals surface area contributed by atoms with Crippen molar-refractivity contribution in [2.75, 3.05) is 6.61 Å². The second-order valence-electron chi connectivity index (χ2n) is 2.45. The Morgan fingerprint density at radius 2 is 2.45 bits per heavy atom. The van der Waals surface area contributed by atoms with Crippen molar-refractivity contribution < 1.29 is 9.63 Å². The third kappa shape index (κ3) is 3.62. The summed E-state index contributed by atoms with van der Waals surface area (Å²) in [4.78, 5) is 15.5. The monoisotopic (exact) mass is 156 g/mol. The van der Waals surface area contributed by atoms with Gasteiger partial charge in [-0.1, -0.05) is 6.08 Å². The number of nitrogens with one attached hydrogen (secondary N) is 2. The third-order valence-electron chi connectivity index (χ3n) is 1.28. The molecular formula is C7H12N2O2. The lowest BCUT2D eigenvalue weighted by Gasteiger charge is -2.03. The van der Waals surface area contributed by atoms with Crippen molar-refractivity contribution >= 4 is 6.03 Å². The molecule has 1 aliphatic rings. The van der Waals surface area contributed by atoms with Crippen molar-refractivity contribution in [3.05, 3.63) is 12.7 Å². The molecule has 0 radical (unpaired) electrons. The summed E-state index contributed by atoms with van der Waals surface area (Å²) in [6.07, 6.45) is 3.72. The Bertz CT molecular complexity index is 155. The zero-order valence-corrected chi connectivity index (χ0v) is 6.30. The molecular weight excluding hydrogens is 144 g/mol. The van der Waals surface area contributed by atoms with E-state index in [1.807, 2.05) is 0 Å². The number of rotatable bonds is 4. The van der Waals surface area contributed by atoms with Crippen LogP contribution in [0.5, 0.6) is 0 Å². The van der Waals surface area contributed by atoms with Crippen LogP contribution < -0.4 is 10.8 Å². The second kappa shape index (κ2) is 3.98. The van der Waals surface area contributed by atoms with E-state index in [1.54, 1.807) is 6.08 Å². The van der Waals surface area contributed by atoms with Gasteiger partial charge in [-0.25, -0.2) is 10.3 Å². The van der Waals surface area contributed by atoms with Gasteiger partial charge in [0.25, 0.3) is 0 Å². The fourth-order valence-corrected chi connectivity index (χ4v) is 0.609. The summed E-state index contributed by atoms with van der Waals surface area (Å²) < 4.78 is 0. The minimum absolute atomic E-state index is 0.269. The molecule has 0 aromatic heterocycles. The molecule has 2 N–H and O–H groups in total. The molecule has 11 heavy (non-hydrogen) atoms. The minimum Gasteiger partial charge on any atom is -0.334 e. The highest BCUT2D eigenvalue weighted by Gasteiger charge is 2.22. The van der Waals surface area contributed by atoms with Crippen molar-refractivity contribution in [1.82, 2.24) is 10.8 Å². The molecule has 0 aromatic carbocycles. The molecule has 62 valence electrons. The molecule has 0 saturated heterocycles. The zero-order chi connectivity index (χ0) is 8.10. The van der Waals surface area contributed by atoms with Crippen LogP contribution in [-0.4, -0.2) is 18.7 Å². The third-order valence-corrected chi connectivity index (χ3v) is 1.28. The van der Waals surface area contributed by atoms with E-state index < -0.39 is 0 Å². The zero-order valence-electron chi connectivity index (χ0n) is 6.30. The van der Waals surface area contributed by atoms with Gasteiger partial charge in [-0.15, -0.1) is 6.58 Å². The maximum atomic E-state index is 10.8. The SMILES string of the molecule is C=CCONC(=O)NC1CC1. The Labute approximate surface area is 65.6 Å². The van der Waals surface area contributed by atoms with Crippen molar-refractivity contribution in [1.29, 1.82) is 0 Å². The van der Waals surface area contributed by atoms with Gasteiger partial charge in [-0.3, -0.25) is 4.84 Å². The lowest BCUT2D eigenvalue weighted by Crippen LogP contribution is -2.36. The summed E-state index contributed by atoms with van der Waals surface area (Å²) in [7, 11) is 0. The summed E-state index contributed by atoms with van der Waals surface area (Å²) in [5.74, 6) is 0. The van der Waals surface area contributed by atoms with Gasteiger partial charge in [0.15, 0.2) is 0 Å². The Balaban J connectivity index is 1.95. The highest BCUT2D eigenvalue weighted by atomic mass is 16.7. The van der Waals surface area contributed by atoms with Crippen molar-refractivity contribution in [3.63, 3.8) is 0 Å². The van der Waals surface area contributed by atoms with Gasteiger partial charge in [-0.2, -0.15) is 0 Å². The number of urea groups is 1. The summed E-state index contributed by atoms with van der Waals surface area (Å²) in [5.41, 5.74) is 2.23. The van der Waals surface area contributed by atoms with E-state index in [-0.39, 0.29) is 6.03 Å². The molecule has 1 rings (SSSR count). The molecule has 2 amide bonds. The molecule has 1 saturated carbocycles. The van der Waals surface area contributed by atoms with E-state index in [0.29, 0.717) is 12.6 Å². The predicted octanol–water partition coefficient (Wildman–Crippen LogP) is 0.566. The largest absolute Gasteiger partial charge is 0.338 e. The number of hydrogen-bond donors (Lipinski definition) is 2. The van der Waals surface area contributed by atoms with Crippen LogP contribution in [0.15, 0.2) is 12.7 Å². The highest BCUT2D eigenvalue weighted by Crippen LogP contribution is 2.17. The molecule has 1 aliphatic carbocycles. The standard InChI is InChI=1S/C7H12N2O2/c1-2-5-11-9-7(10)8-6-3-4-6/h2,6H,1,3-5H2,(H2,8,9,10).